The fourth-order valence-electron chi connectivity index (χ4n) is 3.95. The van der Waals surface area contributed by atoms with E-state index in [-0.39, 0.29) is 18.0 Å². The van der Waals surface area contributed by atoms with Crippen molar-refractivity contribution in [3.05, 3.63) is 88.4 Å². The molecule has 1 N–H and O–H groups in total. The minimum absolute atomic E-state index is 0.0404. The molecule has 0 aromatic heterocycles. The van der Waals surface area contributed by atoms with Gasteiger partial charge in [-0.15, -0.1) is 0 Å². The Morgan fingerprint density at radius 2 is 1.85 bits per heavy atom. The lowest BCUT2D eigenvalue weighted by atomic mass is 10.0. The van der Waals surface area contributed by atoms with E-state index >= 15 is 0 Å². The van der Waals surface area contributed by atoms with Crippen LogP contribution in [0.25, 0.3) is 11.6 Å². The third-order valence-corrected chi connectivity index (χ3v) is 6.17. The lowest BCUT2D eigenvalue weighted by Crippen LogP contribution is -2.30. The minimum atomic E-state index is -0.284. The van der Waals surface area contributed by atoms with Gasteiger partial charge in [-0.05, 0) is 60.0 Å². The summed E-state index contributed by atoms with van der Waals surface area (Å²) in [7, 11) is 1.75. The van der Waals surface area contributed by atoms with Crippen LogP contribution in [0.5, 0.6) is 11.5 Å². The molecule has 1 atom stereocenters. The van der Waals surface area contributed by atoms with Gasteiger partial charge in [0.25, 0.3) is 5.91 Å². The summed E-state index contributed by atoms with van der Waals surface area (Å²) in [5.41, 5.74) is 4.06. The number of nitrogens with one attached hydrogen (secondary N) is 1. The van der Waals surface area contributed by atoms with Crippen LogP contribution in [0.3, 0.4) is 0 Å². The first kappa shape index (κ1) is 21.1. The smallest absolute Gasteiger partial charge is 0.409 e. The van der Waals surface area contributed by atoms with E-state index in [4.69, 9.17) is 21.1 Å². The maximum absolute atomic E-state index is 12.4. The van der Waals surface area contributed by atoms with E-state index in [2.05, 4.69) is 5.32 Å². The normalized spacial score (nSPS) is 18.3. The Bertz CT molecular complexity index is 1270. The molecule has 7 heteroatoms. The molecule has 0 spiro atoms. The highest BCUT2D eigenvalue weighted by Crippen LogP contribution is 2.35. The third-order valence-electron chi connectivity index (χ3n) is 5.85. The summed E-state index contributed by atoms with van der Waals surface area (Å²) >= 11 is 6.49. The molecule has 2 amide bonds. The molecule has 33 heavy (non-hydrogen) atoms. The molecule has 3 aromatic carbocycles. The van der Waals surface area contributed by atoms with E-state index in [0.717, 1.165) is 22.4 Å². The lowest BCUT2D eigenvalue weighted by Gasteiger charge is -2.16. The number of likely N-dealkylation sites (N-methyl/N-ethyl adjacent to an activating group) is 1. The van der Waals surface area contributed by atoms with Crippen LogP contribution in [0.15, 0.2) is 66.7 Å². The van der Waals surface area contributed by atoms with Crippen molar-refractivity contribution in [1.29, 1.82) is 0 Å². The zero-order valence-electron chi connectivity index (χ0n) is 17.9. The molecule has 0 aliphatic carbocycles. The number of ether oxygens (including phenoxy) is 2. The van der Waals surface area contributed by atoms with Crippen molar-refractivity contribution in [2.24, 2.45) is 0 Å². The topological polar surface area (TPSA) is 67.9 Å². The van der Waals surface area contributed by atoms with E-state index in [0.29, 0.717) is 35.1 Å². The maximum Gasteiger partial charge on any atom is 0.409 e. The number of benzene rings is 3. The van der Waals surface area contributed by atoms with Crippen LogP contribution in [0.1, 0.15) is 16.7 Å². The number of hydrogen-bond donors (Lipinski definition) is 1. The van der Waals surface area contributed by atoms with Crippen LogP contribution in [0.2, 0.25) is 5.02 Å². The van der Waals surface area contributed by atoms with Gasteiger partial charge < -0.3 is 19.7 Å². The Morgan fingerprint density at radius 1 is 1.09 bits per heavy atom. The number of carbonyl (C=O) groups excluding carboxylic acids is 2. The molecule has 2 aliphatic rings. The summed E-state index contributed by atoms with van der Waals surface area (Å²) < 4.78 is 11.0. The molecule has 2 heterocycles. The number of carbonyl (C=O) groups is 2. The number of halogens is 1. The first-order valence-electron chi connectivity index (χ1n) is 10.6. The van der Waals surface area contributed by atoms with Gasteiger partial charge in [0.2, 0.25) is 0 Å². The van der Waals surface area contributed by atoms with Crippen molar-refractivity contribution in [1.82, 2.24) is 4.90 Å². The Labute approximate surface area is 196 Å². The number of anilines is 1. The second-order valence-corrected chi connectivity index (χ2v) is 8.44. The molecular weight excluding hydrogens is 440 g/mol. The zero-order chi connectivity index (χ0) is 22.9. The average molecular weight is 461 g/mol. The summed E-state index contributed by atoms with van der Waals surface area (Å²) in [6, 6.07) is 20.7. The number of cyclic esters (lactones) is 1. The minimum Gasteiger partial charge on any atom is -0.457 e. The van der Waals surface area contributed by atoms with Gasteiger partial charge in [-0.3, -0.25) is 4.79 Å². The van der Waals surface area contributed by atoms with Crippen molar-refractivity contribution >= 4 is 40.9 Å². The summed E-state index contributed by atoms with van der Waals surface area (Å²) in [4.78, 5) is 25.5. The maximum atomic E-state index is 12.4. The van der Waals surface area contributed by atoms with Gasteiger partial charge in [0, 0.05) is 23.9 Å². The van der Waals surface area contributed by atoms with Crippen LogP contribution in [-0.4, -0.2) is 36.6 Å². The van der Waals surface area contributed by atoms with Crippen LogP contribution in [0.4, 0.5) is 10.5 Å². The number of fused-ring (bicyclic) bond motifs is 1. The molecule has 5 rings (SSSR count). The van der Waals surface area contributed by atoms with Crippen molar-refractivity contribution in [3.63, 3.8) is 0 Å². The second-order valence-electron chi connectivity index (χ2n) is 8.03. The highest BCUT2D eigenvalue weighted by Gasteiger charge is 2.29. The van der Waals surface area contributed by atoms with Gasteiger partial charge in [-0.25, -0.2) is 4.79 Å². The van der Waals surface area contributed by atoms with Crippen molar-refractivity contribution in [3.8, 4) is 11.5 Å². The summed E-state index contributed by atoms with van der Waals surface area (Å²) in [6.07, 6.45) is 2.22. The largest absolute Gasteiger partial charge is 0.457 e. The molecule has 0 saturated carbocycles. The monoisotopic (exact) mass is 460 g/mol. The first-order valence-corrected chi connectivity index (χ1v) is 10.9. The predicted octanol–water partition coefficient (Wildman–Crippen LogP) is 5.62. The van der Waals surface area contributed by atoms with Crippen molar-refractivity contribution < 1.29 is 19.1 Å². The molecule has 2 aliphatic heterocycles. The summed E-state index contributed by atoms with van der Waals surface area (Å²) in [6.45, 7) is 0.405. The quantitative estimate of drug-likeness (QED) is 0.502. The Hall–Kier alpha value is -3.77. The molecule has 1 saturated heterocycles. The summed E-state index contributed by atoms with van der Waals surface area (Å²) in [5.74, 6) is 1.13. The van der Waals surface area contributed by atoms with Crippen LogP contribution >= 0.6 is 11.6 Å². The van der Waals surface area contributed by atoms with Crippen LogP contribution in [0, 0.1) is 0 Å². The SMILES string of the molecule is CN1C(=O)OCC1Cc1ccc(Oc2ccc(C=C3C(=O)Nc4ccccc43)c(Cl)c2)cc1. The molecular formula is C26H21ClN2O4. The Balaban J connectivity index is 1.28. The van der Waals surface area contributed by atoms with Gasteiger partial charge in [0.1, 0.15) is 18.1 Å². The van der Waals surface area contributed by atoms with E-state index in [1.165, 1.54) is 0 Å². The number of nitrogens with zero attached hydrogens (tertiary/aromatic N) is 1. The summed E-state index contributed by atoms with van der Waals surface area (Å²) in [5, 5.41) is 3.35. The second kappa shape index (κ2) is 8.64. The van der Waals surface area contributed by atoms with Crippen LogP contribution in [-0.2, 0) is 16.0 Å². The molecule has 3 aromatic rings. The van der Waals surface area contributed by atoms with Gasteiger partial charge in [0.15, 0.2) is 0 Å². The standard InChI is InChI=1S/C26H21ClN2O4/c1-29-18(15-32-26(29)31)12-16-6-9-19(10-7-16)33-20-11-8-17(23(27)14-20)13-22-21-4-2-3-5-24(21)28-25(22)30/h2-11,13-14,18H,12,15H2,1H3,(H,28,30). The fraction of sp³-hybridized carbons (Fsp3) is 0.154. The van der Waals surface area contributed by atoms with Crippen molar-refractivity contribution in [2.75, 3.05) is 19.0 Å². The van der Waals surface area contributed by atoms with Gasteiger partial charge in [-0.1, -0.05) is 41.9 Å². The van der Waals surface area contributed by atoms with E-state index < -0.39 is 0 Å². The highest BCUT2D eigenvalue weighted by molar-refractivity contribution is 6.37. The van der Waals surface area contributed by atoms with Gasteiger partial charge >= 0.3 is 6.09 Å². The molecule has 6 nitrogen and oxygen atoms in total. The number of para-hydroxylation sites is 1. The fourth-order valence-corrected chi connectivity index (χ4v) is 4.18. The third kappa shape index (κ3) is 4.30. The van der Waals surface area contributed by atoms with Gasteiger partial charge in [-0.2, -0.15) is 0 Å². The molecule has 1 unspecified atom stereocenters. The van der Waals surface area contributed by atoms with Gasteiger partial charge in [0.05, 0.1) is 11.1 Å². The zero-order valence-corrected chi connectivity index (χ0v) is 18.6. The first-order chi connectivity index (χ1) is 16.0. The van der Waals surface area contributed by atoms with Crippen molar-refractivity contribution in [2.45, 2.75) is 12.5 Å². The average Bonchev–Trinajstić information content (AvgIpc) is 3.30. The number of rotatable bonds is 5. The van der Waals surface area contributed by atoms with E-state index in [1.54, 1.807) is 24.1 Å². The Kier molecular flexibility index (Phi) is 5.52. The molecule has 166 valence electrons. The molecule has 1 fully saturated rings. The lowest BCUT2D eigenvalue weighted by molar-refractivity contribution is -0.110. The number of hydrogen-bond acceptors (Lipinski definition) is 4. The van der Waals surface area contributed by atoms with Crippen LogP contribution < -0.4 is 10.1 Å². The molecule has 0 radical (unpaired) electrons. The van der Waals surface area contributed by atoms with E-state index in [9.17, 15) is 9.59 Å². The molecule has 0 bridgehead atoms. The van der Waals surface area contributed by atoms with E-state index in [1.807, 2.05) is 60.7 Å². The predicted molar refractivity (Wildman–Crippen MR) is 128 cm³/mol. The highest BCUT2D eigenvalue weighted by atomic mass is 35.5. The Morgan fingerprint density at radius 3 is 2.58 bits per heavy atom. The number of amides is 2.